The summed E-state index contributed by atoms with van der Waals surface area (Å²) in [5.41, 5.74) is 7.46. The Bertz CT molecular complexity index is 876. The van der Waals surface area contributed by atoms with Crippen molar-refractivity contribution in [2.24, 2.45) is 0 Å². The van der Waals surface area contributed by atoms with Gasteiger partial charge >= 0.3 is 0 Å². The standard InChI is InChI=1S/C17H17ClN6/c18-13-3-1-2-4-14(13)23-7-9-24(10-8-23)17-12-5-6-15(19)22-16(12)20-11-21-17/h1-6,11H,7-10H2,(H2,19,20,21,22). The highest BCUT2D eigenvalue weighted by atomic mass is 35.5. The zero-order valence-electron chi connectivity index (χ0n) is 13.1. The van der Waals surface area contributed by atoms with Crippen molar-refractivity contribution in [1.82, 2.24) is 15.0 Å². The summed E-state index contributed by atoms with van der Waals surface area (Å²) in [4.78, 5) is 17.5. The van der Waals surface area contributed by atoms with Crippen LogP contribution in [0.25, 0.3) is 11.0 Å². The molecular formula is C17H17ClN6. The van der Waals surface area contributed by atoms with Crippen molar-refractivity contribution in [3.05, 3.63) is 47.7 Å². The Kier molecular flexibility index (Phi) is 3.82. The first-order chi connectivity index (χ1) is 11.7. The third-order valence-electron chi connectivity index (χ3n) is 4.27. The number of halogens is 1. The maximum absolute atomic E-state index is 6.31. The van der Waals surface area contributed by atoms with Gasteiger partial charge in [-0.3, -0.25) is 0 Å². The van der Waals surface area contributed by atoms with Crippen LogP contribution < -0.4 is 15.5 Å². The van der Waals surface area contributed by atoms with Crippen molar-refractivity contribution >= 4 is 40.0 Å². The maximum atomic E-state index is 6.31. The SMILES string of the molecule is Nc1ccc2c(N3CCN(c4ccccc4Cl)CC3)ncnc2n1. The number of anilines is 3. The predicted octanol–water partition coefficient (Wildman–Crippen LogP) is 2.59. The lowest BCUT2D eigenvalue weighted by Crippen LogP contribution is -2.47. The highest BCUT2D eigenvalue weighted by Crippen LogP contribution is 2.28. The number of fused-ring (bicyclic) bond motifs is 1. The van der Waals surface area contributed by atoms with Gasteiger partial charge in [0.15, 0.2) is 5.65 Å². The lowest BCUT2D eigenvalue weighted by Gasteiger charge is -2.37. The summed E-state index contributed by atoms with van der Waals surface area (Å²) in [7, 11) is 0. The summed E-state index contributed by atoms with van der Waals surface area (Å²) in [5, 5.41) is 1.72. The Morgan fingerprint density at radius 2 is 1.67 bits per heavy atom. The Hall–Kier alpha value is -2.60. The predicted molar refractivity (Wildman–Crippen MR) is 97.6 cm³/mol. The van der Waals surface area contributed by atoms with Crippen LogP contribution >= 0.6 is 11.6 Å². The van der Waals surface area contributed by atoms with Crippen LogP contribution in [0.4, 0.5) is 17.3 Å². The molecule has 0 spiro atoms. The lowest BCUT2D eigenvalue weighted by atomic mass is 10.2. The molecule has 2 aromatic heterocycles. The molecule has 0 aliphatic carbocycles. The molecule has 1 aliphatic heterocycles. The van der Waals surface area contributed by atoms with Gasteiger partial charge in [0.2, 0.25) is 0 Å². The number of para-hydroxylation sites is 1. The van der Waals surface area contributed by atoms with Crippen LogP contribution in [0.5, 0.6) is 0 Å². The average molecular weight is 341 g/mol. The second kappa shape index (κ2) is 6.13. The summed E-state index contributed by atoms with van der Waals surface area (Å²) in [5.74, 6) is 1.38. The lowest BCUT2D eigenvalue weighted by molar-refractivity contribution is 0.649. The van der Waals surface area contributed by atoms with Crippen molar-refractivity contribution in [2.45, 2.75) is 0 Å². The Morgan fingerprint density at radius 3 is 2.46 bits per heavy atom. The normalized spacial score (nSPS) is 15.0. The van der Waals surface area contributed by atoms with E-state index in [0.29, 0.717) is 11.5 Å². The number of pyridine rings is 1. The van der Waals surface area contributed by atoms with Gasteiger partial charge in [-0.1, -0.05) is 23.7 Å². The van der Waals surface area contributed by atoms with E-state index in [1.807, 2.05) is 24.3 Å². The first kappa shape index (κ1) is 15.0. The fraction of sp³-hybridized carbons (Fsp3) is 0.235. The molecule has 0 atom stereocenters. The Balaban J connectivity index is 1.57. The number of nitrogens with two attached hydrogens (primary N) is 1. The fourth-order valence-electron chi connectivity index (χ4n) is 3.06. The van der Waals surface area contributed by atoms with E-state index in [9.17, 15) is 0 Å². The molecule has 2 N–H and O–H groups in total. The van der Waals surface area contributed by atoms with Crippen LogP contribution in [0, 0.1) is 0 Å². The number of hydrogen-bond acceptors (Lipinski definition) is 6. The third-order valence-corrected chi connectivity index (χ3v) is 4.59. The van der Waals surface area contributed by atoms with E-state index < -0.39 is 0 Å². The minimum atomic E-state index is 0.468. The number of piperazine rings is 1. The molecule has 3 aromatic rings. The van der Waals surface area contributed by atoms with E-state index in [2.05, 4.69) is 30.8 Å². The van der Waals surface area contributed by atoms with E-state index >= 15 is 0 Å². The molecule has 0 amide bonds. The molecule has 0 radical (unpaired) electrons. The molecule has 3 heterocycles. The van der Waals surface area contributed by atoms with Crippen molar-refractivity contribution in [2.75, 3.05) is 41.7 Å². The van der Waals surface area contributed by atoms with Crippen molar-refractivity contribution in [1.29, 1.82) is 0 Å². The van der Waals surface area contributed by atoms with E-state index in [4.69, 9.17) is 17.3 Å². The maximum Gasteiger partial charge on any atom is 0.166 e. The molecule has 6 nitrogen and oxygen atoms in total. The zero-order valence-corrected chi connectivity index (χ0v) is 13.8. The van der Waals surface area contributed by atoms with Crippen LogP contribution in [0.15, 0.2) is 42.7 Å². The van der Waals surface area contributed by atoms with Crippen molar-refractivity contribution in [3.63, 3.8) is 0 Å². The summed E-state index contributed by atoms with van der Waals surface area (Å²) >= 11 is 6.31. The second-order valence-corrected chi connectivity index (χ2v) is 6.14. The smallest absolute Gasteiger partial charge is 0.166 e. The quantitative estimate of drug-likeness (QED) is 0.773. The molecule has 1 fully saturated rings. The van der Waals surface area contributed by atoms with Crippen molar-refractivity contribution in [3.8, 4) is 0 Å². The van der Waals surface area contributed by atoms with Crippen molar-refractivity contribution < 1.29 is 0 Å². The highest BCUT2D eigenvalue weighted by molar-refractivity contribution is 6.33. The molecule has 122 valence electrons. The van der Waals surface area contributed by atoms with Gasteiger partial charge in [0.25, 0.3) is 0 Å². The van der Waals surface area contributed by atoms with Gasteiger partial charge in [0.05, 0.1) is 16.1 Å². The summed E-state index contributed by atoms with van der Waals surface area (Å²) in [6, 6.07) is 11.7. The molecule has 1 aromatic carbocycles. The third kappa shape index (κ3) is 2.69. The molecule has 4 rings (SSSR count). The van der Waals surface area contributed by atoms with E-state index in [1.54, 1.807) is 12.4 Å². The first-order valence-corrected chi connectivity index (χ1v) is 8.22. The van der Waals surface area contributed by atoms with Gasteiger partial charge in [0, 0.05) is 26.2 Å². The zero-order chi connectivity index (χ0) is 16.5. The van der Waals surface area contributed by atoms with Crippen LogP contribution in [0.2, 0.25) is 5.02 Å². The number of nitrogen functional groups attached to an aromatic ring is 1. The largest absolute Gasteiger partial charge is 0.384 e. The number of hydrogen-bond donors (Lipinski definition) is 1. The average Bonchev–Trinajstić information content (AvgIpc) is 2.61. The number of rotatable bonds is 2. The van der Waals surface area contributed by atoms with Gasteiger partial charge in [-0.25, -0.2) is 15.0 Å². The summed E-state index contributed by atoms with van der Waals surface area (Å²) in [6.07, 6.45) is 1.55. The highest BCUT2D eigenvalue weighted by Gasteiger charge is 2.21. The van der Waals surface area contributed by atoms with E-state index in [1.165, 1.54) is 0 Å². The molecule has 0 bridgehead atoms. The number of aromatic nitrogens is 3. The van der Waals surface area contributed by atoms with Crippen LogP contribution in [-0.2, 0) is 0 Å². The fourth-order valence-corrected chi connectivity index (χ4v) is 3.32. The Morgan fingerprint density at radius 1 is 0.917 bits per heavy atom. The van der Waals surface area contributed by atoms with Crippen LogP contribution in [-0.4, -0.2) is 41.1 Å². The molecule has 24 heavy (non-hydrogen) atoms. The molecule has 0 saturated carbocycles. The molecule has 7 heteroatoms. The van der Waals surface area contributed by atoms with E-state index in [-0.39, 0.29) is 0 Å². The van der Waals surface area contributed by atoms with Crippen LogP contribution in [0.3, 0.4) is 0 Å². The minimum absolute atomic E-state index is 0.468. The molecular weight excluding hydrogens is 324 g/mol. The molecule has 1 aliphatic rings. The van der Waals surface area contributed by atoms with Crippen LogP contribution in [0.1, 0.15) is 0 Å². The Labute approximate surface area is 144 Å². The topological polar surface area (TPSA) is 71.2 Å². The van der Waals surface area contributed by atoms with E-state index in [0.717, 1.165) is 48.1 Å². The summed E-state index contributed by atoms with van der Waals surface area (Å²) < 4.78 is 0. The number of benzene rings is 1. The van der Waals surface area contributed by atoms with Gasteiger partial charge in [-0.2, -0.15) is 0 Å². The first-order valence-electron chi connectivity index (χ1n) is 7.84. The van der Waals surface area contributed by atoms with Gasteiger partial charge in [-0.05, 0) is 24.3 Å². The van der Waals surface area contributed by atoms with Gasteiger partial charge in [0.1, 0.15) is 18.0 Å². The molecule has 1 saturated heterocycles. The van der Waals surface area contributed by atoms with Gasteiger partial charge < -0.3 is 15.5 Å². The van der Waals surface area contributed by atoms with Gasteiger partial charge in [-0.15, -0.1) is 0 Å². The summed E-state index contributed by atoms with van der Waals surface area (Å²) in [6.45, 7) is 3.50. The molecule has 0 unspecified atom stereocenters. The second-order valence-electron chi connectivity index (χ2n) is 5.73. The minimum Gasteiger partial charge on any atom is -0.384 e. The monoisotopic (exact) mass is 340 g/mol. The number of nitrogens with zero attached hydrogens (tertiary/aromatic N) is 5.